The van der Waals surface area contributed by atoms with Crippen LogP contribution >= 0.6 is 0 Å². The molecule has 0 bridgehead atoms. The Hall–Kier alpha value is -1.30. The van der Waals surface area contributed by atoms with Crippen molar-refractivity contribution >= 4 is 5.57 Å². The fourth-order valence-electron chi connectivity index (χ4n) is 1.57. The SMILES string of the molecule is C=C/C(=C\CC)c1cc(C)ccc1C. The lowest BCUT2D eigenvalue weighted by atomic mass is 9.98. The van der Waals surface area contributed by atoms with Crippen molar-refractivity contribution < 1.29 is 0 Å². The van der Waals surface area contributed by atoms with Crippen LogP contribution in [0.3, 0.4) is 0 Å². The first-order valence-corrected chi connectivity index (χ1v) is 5.09. The molecule has 1 aromatic rings. The van der Waals surface area contributed by atoms with Crippen molar-refractivity contribution in [2.24, 2.45) is 0 Å². The van der Waals surface area contributed by atoms with Crippen LogP contribution in [0, 0.1) is 13.8 Å². The highest BCUT2D eigenvalue weighted by molar-refractivity contribution is 5.75. The average Bonchev–Trinajstić information content (AvgIpc) is 2.18. The first-order valence-electron chi connectivity index (χ1n) is 5.09. The molecule has 0 unspecified atom stereocenters. The van der Waals surface area contributed by atoms with Crippen LogP contribution in [0.15, 0.2) is 36.9 Å². The summed E-state index contributed by atoms with van der Waals surface area (Å²) in [5.74, 6) is 0. The molecule has 0 saturated carbocycles. The number of rotatable bonds is 3. The van der Waals surface area contributed by atoms with Crippen molar-refractivity contribution in [1.82, 2.24) is 0 Å². The number of hydrogen-bond acceptors (Lipinski definition) is 0. The molecular formula is C14H18. The second-order valence-corrected chi connectivity index (χ2v) is 3.59. The van der Waals surface area contributed by atoms with Crippen LogP contribution in [-0.4, -0.2) is 0 Å². The van der Waals surface area contributed by atoms with E-state index in [1.165, 1.54) is 22.3 Å². The van der Waals surface area contributed by atoms with E-state index in [1.54, 1.807) is 0 Å². The quantitative estimate of drug-likeness (QED) is 0.618. The number of allylic oxidation sites excluding steroid dienone is 3. The second-order valence-electron chi connectivity index (χ2n) is 3.59. The molecule has 0 nitrogen and oxygen atoms in total. The zero-order valence-corrected chi connectivity index (χ0v) is 9.30. The topological polar surface area (TPSA) is 0 Å². The Morgan fingerprint density at radius 1 is 1.36 bits per heavy atom. The average molecular weight is 186 g/mol. The van der Waals surface area contributed by atoms with Gasteiger partial charge in [0.2, 0.25) is 0 Å². The van der Waals surface area contributed by atoms with Crippen molar-refractivity contribution in [3.63, 3.8) is 0 Å². The molecule has 0 fully saturated rings. The minimum Gasteiger partial charge on any atom is -0.0985 e. The van der Waals surface area contributed by atoms with Crippen molar-refractivity contribution in [1.29, 1.82) is 0 Å². The van der Waals surface area contributed by atoms with Crippen LogP contribution < -0.4 is 0 Å². The summed E-state index contributed by atoms with van der Waals surface area (Å²) in [5, 5.41) is 0. The summed E-state index contributed by atoms with van der Waals surface area (Å²) >= 11 is 0. The summed E-state index contributed by atoms with van der Waals surface area (Å²) in [7, 11) is 0. The Morgan fingerprint density at radius 3 is 2.64 bits per heavy atom. The molecule has 0 N–H and O–H groups in total. The Balaban J connectivity index is 3.22. The van der Waals surface area contributed by atoms with Gasteiger partial charge in [0.1, 0.15) is 0 Å². The van der Waals surface area contributed by atoms with Crippen LogP contribution in [0.25, 0.3) is 5.57 Å². The molecule has 0 saturated heterocycles. The summed E-state index contributed by atoms with van der Waals surface area (Å²) in [6.45, 7) is 10.3. The largest absolute Gasteiger partial charge is 0.0985 e. The third-order valence-corrected chi connectivity index (χ3v) is 2.35. The Kier molecular flexibility index (Phi) is 3.70. The fraction of sp³-hybridized carbons (Fsp3) is 0.286. The highest BCUT2D eigenvalue weighted by Crippen LogP contribution is 2.21. The van der Waals surface area contributed by atoms with E-state index in [2.05, 4.69) is 51.6 Å². The molecule has 0 aliphatic rings. The molecule has 0 aliphatic heterocycles. The van der Waals surface area contributed by atoms with Crippen molar-refractivity contribution in [2.75, 3.05) is 0 Å². The summed E-state index contributed by atoms with van der Waals surface area (Å²) in [6, 6.07) is 6.53. The lowest BCUT2D eigenvalue weighted by molar-refractivity contribution is 1.22. The number of hydrogen-bond donors (Lipinski definition) is 0. The molecule has 1 rings (SSSR count). The Morgan fingerprint density at radius 2 is 2.07 bits per heavy atom. The van der Waals surface area contributed by atoms with Gasteiger partial charge in [0.15, 0.2) is 0 Å². The van der Waals surface area contributed by atoms with E-state index in [0.717, 1.165) is 6.42 Å². The first-order chi connectivity index (χ1) is 6.69. The summed E-state index contributed by atoms with van der Waals surface area (Å²) in [6.07, 6.45) is 5.20. The van der Waals surface area contributed by atoms with Gasteiger partial charge < -0.3 is 0 Å². The standard InChI is InChI=1S/C14H18/c1-5-7-13(6-2)14-10-11(3)8-9-12(14)4/h6-10H,2,5H2,1,3-4H3/b13-7+. The van der Waals surface area contributed by atoms with Gasteiger partial charge in [-0.25, -0.2) is 0 Å². The molecule has 1 aromatic carbocycles. The summed E-state index contributed by atoms with van der Waals surface area (Å²) < 4.78 is 0. The van der Waals surface area contributed by atoms with Crippen molar-refractivity contribution in [3.05, 3.63) is 53.6 Å². The van der Waals surface area contributed by atoms with E-state index >= 15 is 0 Å². The predicted molar refractivity (Wildman–Crippen MR) is 64.4 cm³/mol. The lowest BCUT2D eigenvalue weighted by Crippen LogP contribution is -1.87. The maximum Gasteiger partial charge on any atom is -0.0156 e. The van der Waals surface area contributed by atoms with Crippen molar-refractivity contribution in [2.45, 2.75) is 27.2 Å². The first kappa shape index (κ1) is 10.8. The van der Waals surface area contributed by atoms with Crippen LogP contribution in [0.1, 0.15) is 30.0 Å². The summed E-state index contributed by atoms with van der Waals surface area (Å²) in [5.41, 5.74) is 5.17. The molecule has 0 amide bonds. The smallest absolute Gasteiger partial charge is 0.0156 e. The van der Waals surface area contributed by atoms with Gasteiger partial charge in [-0.15, -0.1) is 0 Å². The minimum atomic E-state index is 1.05. The molecular weight excluding hydrogens is 168 g/mol. The molecule has 0 spiro atoms. The zero-order chi connectivity index (χ0) is 10.6. The monoisotopic (exact) mass is 186 g/mol. The van der Waals surface area contributed by atoms with E-state index in [9.17, 15) is 0 Å². The van der Waals surface area contributed by atoms with Gasteiger partial charge in [-0.05, 0) is 37.0 Å². The predicted octanol–water partition coefficient (Wildman–Crippen LogP) is 4.28. The van der Waals surface area contributed by atoms with Gasteiger partial charge in [0.25, 0.3) is 0 Å². The molecule has 0 heteroatoms. The molecule has 0 radical (unpaired) electrons. The highest BCUT2D eigenvalue weighted by atomic mass is 14.1. The van der Waals surface area contributed by atoms with Gasteiger partial charge >= 0.3 is 0 Å². The molecule has 74 valence electrons. The van der Waals surface area contributed by atoms with Crippen molar-refractivity contribution in [3.8, 4) is 0 Å². The molecule has 0 heterocycles. The van der Waals surface area contributed by atoms with E-state index in [1.807, 2.05) is 6.08 Å². The third kappa shape index (κ3) is 2.35. The fourth-order valence-corrected chi connectivity index (χ4v) is 1.57. The minimum absolute atomic E-state index is 1.05. The van der Waals surface area contributed by atoms with Crippen LogP contribution in [-0.2, 0) is 0 Å². The highest BCUT2D eigenvalue weighted by Gasteiger charge is 2.01. The molecule has 14 heavy (non-hydrogen) atoms. The Labute approximate surface area is 87.0 Å². The molecule has 0 aliphatic carbocycles. The van der Waals surface area contributed by atoms with Crippen LogP contribution in [0.2, 0.25) is 0 Å². The third-order valence-electron chi connectivity index (χ3n) is 2.35. The van der Waals surface area contributed by atoms with Gasteiger partial charge in [0.05, 0.1) is 0 Å². The maximum atomic E-state index is 3.86. The van der Waals surface area contributed by atoms with Gasteiger partial charge in [0, 0.05) is 0 Å². The number of aryl methyl sites for hydroxylation is 2. The van der Waals surface area contributed by atoms with E-state index in [4.69, 9.17) is 0 Å². The van der Waals surface area contributed by atoms with Crippen LogP contribution in [0.5, 0.6) is 0 Å². The van der Waals surface area contributed by atoms with Crippen LogP contribution in [0.4, 0.5) is 0 Å². The van der Waals surface area contributed by atoms with Gasteiger partial charge in [-0.1, -0.05) is 49.4 Å². The maximum absolute atomic E-state index is 3.86. The zero-order valence-electron chi connectivity index (χ0n) is 9.30. The lowest BCUT2D eigenvalue weighted by Gasteiger charge is -2.07. The summed E-state index contributed by atoms with van der Waals surface area (Å²) in [4.78, 5) is 0. The molecule has 0 aromatic heterocycles. The molecule has 0 atom stereocenters. The second kappa shape index (κ2) is 4.80. The van der Waals surface area contributed by atoms with E-state index in [-0.39, 0.29) is 0 Å². The van der Waals surface area contributed by atoms with E-state index < -0.39 is 0 Å². The van der Waals surface area contributed by atoms with Gasteiger partial charge in [-0.2, -0.15) is 0 Å². The normalized spacial score (nSPS) is 11.5. The van der Waals surface area contributed by atoms with E-state index in [0.29, 0.717) is 0 Å². The Bertz CT molecular complexity index is 356. The van der Waals surface area contributed by atoms with Gasteiger partial charge in [-0.3, -0.25) is 0 Å². The number of benzene rings is 1.